The smallest absolute Gasteiger partial charge is 0.327 e. The van der Waals surface area contributed by atoms with Crippen molar-refractivity contribution in [3.63, 3.8) is 0 Å². The van der Waals surface area contributed by atoms with Crippen molar-refractivity contribution in [2.75, 3.05) is 18.3 Å². The van der Waals surface area contributed by atoms with Gasteiger partial charge in [-0.2, -0.15) is 0 Å². The van der Waals surface area contributed by atoms with Crippen LogP contribution in [-0.2, 0) is 24.2 Å². The first-order valence-electron chi connectivity index (χ1n) is 4.56. The number of carbonyl (C=O) groups is 2. The molecule has 0 aromatic heterocycles. The zero-order chi connectivity index (χ0) is 12.8. The summed E-state index contributed by atoms with van der Waals surface area (Å²) < 4.78 is 27.4. The average Bonchev–Trinajstić information content (AvgIpc) is 2.12. The summed E-state index contributed by atoms with van der Waals surface area (Å²) in [7, 11) is -3.65. The molecule has 16 heavy (non-hydrogen) atoms. The normalized spacial score (nSPS) is 13.1. The molecule has 8 heteroatoms. The molecule has 0 aromatic carbocycles. The molecule has 0 bridgehead atoms. The second-order valence-corrected chi connectivity index (χ2v) is 5.17. The minimum atomic E-state index is -3.65. The van der Waals surface area contributed by atoms with Crippen LogP contribution in [0.1, 0.15) is 13.8 Å². The van der Waals surface area contributed by atoms with Crippen LogP contribution in [0.5, 0.6) is 0 Å². The molecular formula is C8H15NO6S. The van der Waals surface area contributed by atoms with Gasteiger partial charge in [-0.25, -0.2) is 13.2 Å². The first kappa shape index (κ1) is 14.8. The second kappa shape index (κ2) is 6.44. The van der Waals surface area contributed by atoms with Crippen molar-refractivity contribution in [3.05, 3.63) is 0 Å². The van der Waals surface area contributed by atoms with E-state index in [1.165, 1.54) is 0 Å². The zero-order valence-corrected chi connectivity index (χ0v) is 9.91. The predicted molar refractivity (Wildman–Crippen MR) is 55.5 cm³/mol. The van der Waals surface area contributed by atoms with Gasteiger partial charge in [0.1, 0.15) is 12.0 Å². The van der Waals surface area contributed by atoms with E-state index in [1.54, 1.807) is 6.92 Å². The van der Waals surface area contributed by atoms with Crippen LogP contribution in [0.4, 0.5) is 0 Å². The molecule has 0 radical (unpaired) electrons. The fraction of sp³-hybridized carbons (Fsp3) is 0.750. The van der Waals surface area contributed by atoms with Crippen molar-refractivity contribution >= 4 is 21.7 Å². The predicted octanol–water partition coefficient (Wildman–Crippen LogP) is -1.02. The molecule has 94 valence electrons. The Labute approximate surface area is 93.7 Å². The third kappa shape index (κ3) is 6.36. The number of sulfone groups is 1. The molecule has 0 saturated carbocycles. The van der Waals surface area contributed by atoms with Crippen LogP contribution in [0.25, 0.3) is 0 Å². The summed E-state index contributed by atoms with van der Waals surface area (Å²) in [4.78, 5) is 21.3. The van der Waals surface area contributed by atoms with E-state index in [0.29, 0.717) is 0 Å². The molecule has 1 unspecified atom stereocenters. The van der Waals surface area contributed by atoms with E-state index in [4.69, 9.17) is 9.84 Å². The largest absolute Gasteiger partial charge is 0.480 e. The number of ether oxygens (including phenoxy) is 1. The van der Waals surface area contributed by atoms with Gasteiger partial charge >= 0.3 is 5.97 Å². The molecule has 0 saturated heterocycles. The van der Waals surface area contributed by atoms with E-state index in [0.717, 1.165) is 6.92 Å². The molecule has 2 N–H and O–H groups in total. The van der Waals surface area contributed by atoms with Gasteiger partial charge in [0.15, 0.2) is 9.84 Å². The molecule has 0 rings (SSSR count). The first-order chi connectivity index (χ1) is 7.28. The van der Waals surface area contributed by atoms with Crippen LogP contribution in [0.15, 0.2) is 0 Å². The van der Waals surface area contributed by atoms with Crippen LogP contribution >= 0.6 is 0 Å². The van der Waals surface area contributed by atoms with E-state index in [1.807, 2.05) is 5.32 Å². The van der Waals surface area contributed by atoms with E-state index in [9.17, 15) is 18.0 Å². The Bertz CT molecular complexity index is 350. The first-order valence-corrected chi connectivity index (χ1v) is 6.38. The Morgan fingerprint density at radius 2 is 2.00 bits per heavy atom. The summed E-state index contributed by atoms with van der Waals surface area (Å²) in [6.45, 7) is 2.96. The highest BCUT2D eigenvalue weighted by Crippen LogP contribution is 1.97. The summed E-state index contributed by atoms with van der Waals surface area (Å²) in [6.07, 6.45) is 0. The Balaban J connectivity index is 4.50. The van der Waals surface area contributed by atoms with Gasteiger partial charge in [0.05, 0.1) is 5.75 Å². The molecule has 1 atom stereocenters. The van der Waals surface area contributed by atoms with E-state index in [-0.39, 0.29) is 6.61 Å². The minimum Gasteiger partial charge on any atom is -0.480 e. The molecule has 1 amide bonds. The van der Waals surface area contributed by atoms with Gasteiger partial charge in [-0.3, -0.25) is 4.79 Å². The van der Waals surface area contributed by atoms with Crippen molar-refractivity contribution < 1.29 is 27.9 Å². The summed E-state index contributed by atoms with van der Waals surface area (Å²) in [5.74, 6) is -3.22. The lowest BCUT2D eigenvalue weighted by Gasteiger charge is -2.13. The topological polar surface area (TPSA) is 110 Å². The van der Waals surface area contributed by atoms with E-state index >= 15 is 0 Å². The lowest BCUT2D eigenvalue weighted by molar-refractivity contribution is -0.140. The quantitative estimate of drug-likeness (QED) is 0.601. The summed E-state index contributed by atoms with van der Waals surface area (Å²) in [5.41, 5.74) is 0. The van der Waals surface area contributed by atoms with Gasteiger partial charge in [-0.15, -0.1) is 0 Å². The maximum absolute atomic E-state index is 11.3. The summed E-state index contributed by atoms with van der Waals surface area (Å²) in [6, 6.07) is -1.44. The third-order valence-corrected chi connectivity index (χ3v) is 2.93. The van der Waals surface area contributed by atoms with Crippen LogP contribution in [-0.4, -0.2) is 49.7 Å². The van der Waals surface area contributed by atoms with Gasteiger partial charge in [0, 0.05) is 13.5 Å². The van der Waals surface area contributed by atoms with Crippen molar-refractivity contribution in [3.8, 4) is 0 Å². The Morgan fingerprint density at radius 3 is 2.38 bits per heavy atom. The average molecular weight is 253 g/mol. The number of carbonyl (C=O) groups excluding carboxylic acids is 1. The van der Waals surface area contributed by atoms with Crippen molar-refractivity contribution in [1.29, 1.82) is 0 Å². The second-order valence-electron chi connectivity index (χ2n) is 3.11. The van der Waals surface area contributed by atoms with Crippen LogP contribution in [0, 0.1) is 0 Å². The SMILES string of the molecule is CCOCS(=O)(=O)CC(NC(C)=O)C(=O)O. The van der Waals surface area contributed by atoms with Gasteiger partial charge in [-0.05, 0) is 6.92 Å². The Hall–Kier alpha value is -1.15. The number of hydrogen-bond acceptors (Lipinski definition) is 5. The number of amides is 1. The number of carboxylic acids is 1. The fourth-order valence-corrected chi connectivity index (χ4v) is 2.18. The zero-order valence-electron chi connectivity index (χ0n) is 9.10. The van der Waals surface area contributed by atoms with E-state index < -0.39 is 39.4 Å². The highest BCUT2D eigenvalue weighted by molar-refractivity contribution is 7.91. The third-order valence-electron chi connectivity index (χ3n) is 1.56. The van der Waals surface area contributed by atoms with Crippen LogP contribution < -0.4 is 5.32 Å². The van der Waals surface area contributed by atoms with Gasteiger partial charge in [0.25, 0.3) is 0 Å². The molecular weight excluding hydrogens is 238 g/mol. The molecule has 0 aliphatic heterocycles. The molecule has 0 aromatic rings. The van der Waals surface area contributed by atoms with Crippen LogP contribution in [0.3, 0.4) is 0 Å². The monoisotopic (exact) mass is 253 g/mol. The van der Waals surface area contributed by atoms with Crippen molar-refractivity contribution in [2.24, 2.45) is 0 Å². The maximum Gasteiger partial charge on any atom is 0.327 e. The molecule has 0 fully saturated rings. The molecule has 0 heterocycles. The highest BCUT2D eigenvalue weighted by Gasteiger charge is 2.25. The Morgan fingerprint density at radius 1 is 1.44 bits per heavy atom. The van der Waals surface area contributed by atoms with Gasteiger partial charge in [-0.1, -0.05) is 0 Å². The molecule has 0 spiro atoms. The summed E-state index contributed by atoms with van der Waals surface area (Å²) in [5, 5.41) is 10.7. The number of aliphatic carboxylic acids is 1. The standard InChI is InChI=1S/C8H15NO6S/c1-3-15-5-16(13,14)4-7(8(11)12)9-6(2)10/h7H,3-5H2,1-2H3,(H,9,10)(H,11,12). The summed E-state index contributed by atoms with van der Waals surface area (Å²) >= 11 is 0. The number of rotatable bonds is 7. The minimum absolute atomic E-state index is 0.219. The highest BCUT2D eigenvalue weighted by atomic mass is 32.2. The number of hydrogen-bond donors (Lipinski definition) is 2. The van der Waals surface area contributed by atoms with Crippen molar-refractivity contribution in [2.45, 2.75) is 19.9 Å². The lowest BCUT2D eigenvalue weighted by atomic mass is 10.3. The number of nitrogens with one attached hydrogen (secondary N) is 1. The molecule has 0 aliphatic rings. The molecule has 0 aliphatic carbocycles. The lowest BCUT2D eigenvalue weighted by Crippen LogP contribution is -2.45. The maximum atomic E-state index is 11.3. The van der Waals surface area contributed by atoms with E-state index in [2.05, 4.69) is 0 Å². The van der Waals surface area contributed by atoms with Crippen LogP contribution in [0.2, 0.25) is 0 Å². The van der Waals surface area contributed by atoms with Crippen molar-refractivity contribution in [1.82, 2.24) is 5.32 Å². The Kier molecular flexibility index (Phi) is 5.97. The van der Waals surface area contributed by atoms with Gasteiger partial charge in [0.2, 0.25) is 5.91 Å². The fourth-order valence-electron chi connectivity index (χ4n) is 0.932. The number of carboxylic acid groups (broad SMARTS) is 1. The van der Waals surface area contributed by atoms with Gasteiger partial charge < -0.3 is 15.2 Å². The molecule has 7 nitrogen and oxygen atoms in total.